The van der Waals surface area contributed by atoms with Crippen molar-refractivity contribution >= 4 is 20.8 Å². The van der Waals surface area contributed by atoms with Crippen molar-refractivity contribution in [3.63, 3.8) is 0 Å². The van der Waals surface area contributed by atoms with E-state index in [-0.39, 0.29) is 21.1 Å². The minimum Gasteiger partial charge on any atom is -0.496 e. The largest absolute Gasteiger partial charge is 0.496 e. The Bertz CT molecular complexity index is 1030. The van der Waals surface area contributed by atoms with Crippen LogP contribution in [-0.2, 0) is 9.84 Å². The second-order valence-corrected chi connectivity index (χ2v) is 7.47. The molecule has 0 fully saturated rings. The molecule has 3 aromatic rings. The molecule has 0 unspecified atom stereocenters. The van der Waals surface area contributed by atoms with Crippen LogP contribution in [0.2, 0.25) is 0 Å². The van der Waals surface area contributed by atoms with Crippen LogP contribution >= 0.6 is 0 Å². The first-order valence-corrected chi connectivity index (χ1v) is 9.42. The summed E-state index contributed by atoms with van der Waals surface area (Å²) in [6.45, 7) is 0. The summed E-state index contributed by atoms with van der Waals surface area (Å²) >= 11 is 0. The van der Waals surface area contributed by atoms with E-state index in [4.69, 9.17) is 4.74 Å². The quantitative estimate of drug-likeness (QED) is 0.607. The van der Waals surface area contributed by atoms with Gasteiger partial charge in [0, 0.05) is 0 Å². The third-order valence-electron chi connectivity index (χ3n) is 3.88. The third kappa shape index (κ3) is 3.53. The van der Waals surface area contributed by atoms with Gasteiger partial charge < -0.3 is 4.74 Å². The lowest BCUT2D eigenvalue weighted by Gasteiger charge is -2.14. The van der Waals surface area contributed by atoms with Crippen LogP contribution in [0, 0.1) is 5.82 Å². The Balaban J connectivity index is 2.31. The van der Waals surface area contributed by atoms with Crippen molar-refractivity contribution in [3.05, 3.63) is 95.8 Å². The van der Waals surface area contributed by atoms with Crippen LogP contribution in [0.3, 0.4) is 0 Å². The van der Waals surface area contributed by atoms with E-state index >= 15 is 0 Å². The molecular weight excluding hydrogens is 351 g/mol. The topological polar surface area (TPSA) is 43.4 Å². The van der Waals surface area contributed by atoms with Gasteiger partial charge in [-0.05, 0) is 35.9 Å². The molecule has 3 aromatic carbocycles. The molecule has 0 amide bonds. The normalized spacial score (nSPS) is 12.0. The molecular formula is C21H17FO3S. The first-order valence-electron chi connectivity index (χ1n) is 7.94. The molecule has 26 heavy (non-hydrogen) atoms. The number of halogens is 1. The molecule has 0 aromatic heterocycles. The number of hydrogen-bond acceptors (Lipinski definition) is 3. The minimum atomic E-state index is -3.97. The fourth-order valence-electron chi connectivity index (χ4n) is 2.62. The molecule has 0 aliphatic heterocycles. The van der Waals surface area contributed by atoms with Gasteiger partial charge in [-0.25, -0.2) is 12.8 Å². The molecule has 0 saturated carbocycles. The van der Waals surface area contributed by atoms with Crippen molar-refractivity contribution in [2.45, 2.75) is 4.90 Å². The van der Waals surface area contributed by atoms with Crippen LogP contribution in [0.4, 0.5) is 4.39 Å². The Kier molecular flexibility index (Phi) is 5.19. The highest BCUT2D eigenvalue weighted by molar-refractivity contribution is 8.00. The first-order chi connectivity index (χ1) is 12.5. The van der Waals surface area contributed by atoms with Gasteiger partial charge in [0.25, 0.3) is 0 Å². The Morgan fingerprint density at radius 2 is 1.50 bits per heavy atom. The van der Waals surface area contributed by atoms with Crippen LogP contribution in [0.15, 0.2) is 83.8 Å². The summed E-state index contributed by atoms with van der Waals surface area (Å²) < 4.78 is 46.4. The van der Waals surface area contributed by atoms with Crippen LogP contribution in [-0.4, -0.2) is 15.5 Å². The molecule has 5 heteroatoms. The molecule has 0 aliphatic rings. The van der Waals surface area contributed by atoms with E-state index in [0.29, 0.717) is 5.56 Å². The number of methoxy groups -OCH3 is 1. The summed E-state index contributed by atoms with van der Waals surface area (Å²) in [5.74, 6) is -0.502. The van der Waals surface area contributed by atoms with E-state index in [2.05, 4.69) is 0 Å². The SMILES string of the molecule is COc1cccc(F)c1/C(=C\c1ccccc1)S(=O)(=O)c1ccccc1. The van der Waals surface area contributed by atoms with Crippen molar-refractivity contribution in [3.8, 4) is 5.75 Å². The van der Waals surface area contributed by atoms with Crippen LogP contribution < -0.4 is 4.74 Å². The highest BCUT2D eigenvalue weighted by Crippen LogP contribution is 2.36. The average Bonchev–Trinajstić information content (AvgIpc) is 2.67. The highest BCUT2D eigenvalue weighted by atomic mass is 32.2. The molecule has 0 heterocycles. The van der Waals surface area contributed by atoms with Gasteiger partial charge in [0.15, 0.2) is 0 Å². The van der Waals surface area contributed by atoms with E-state index in [0.717, 1.165) is 0 Å². The zero-order valence-electron chi connectivity index (χ0n) is 14.1. The lowest BCUT2D eigenvalue weighted by atomic mass is 10.1. The zero-order chi connectivity index (χ0) is 18.6. The maximum absolute atomic E-state index is 14.7. The standard InChI is InChI=1S/C21H17FO3S/c1-25-19-14-8-13-18(22)21(19)20(15-16-9-4-2-5-10-16)26(23,24)17-11-6-3-7-12-17/h2-15H,1H3/b20-15+. The summed E-state index contributed by atoms with van der Waals surface area (Å²) in [5.41, 5.74) is 0.565. The molecule has 0 atom stereocenters. The van der Waals surface area contributed by atoms with Crippen LogP contribution in [0.5, 0.6) is 5.75 Å². The van der Waals surface area contributed by atoms with Crippen molar-refractivity contribution in [1.29, 1.82) is 0 Å². The van der Waals surface area contributed by atoms with Gasteiger partial charge in [-0.1, -0.05) is 54.6 Å². The molecule has 0 radical (unpaired) electrons. The van der Waals surface area contributed by atoms with Crippen molar-refractivity contribution < 1.29 is 17.5 Å². The monoisotopic (exact) mass is 368 g/mol. The Labute approximate surface area is 152 Å². The number of ether oxygens (including phenoxy) is 1. The van der Waals surface area contributed by atoms with Crippen molar-refractivity contribution in [2.75, 3.05) is 7.11 Å². The smallest absolute Gasteiger partial charge is 0.207 e. The summed E-state index contributed by atoms with van der Waals surface area (Å²) in [6.07, 6.45) is 1.46. The summed E-state index contributed by atoms with van der Waals surface area (Å²) in [5, 5.41) is 0. The number of sulfone groups is 1. The second-order valence-electron chi connectivity index (χ2n) is 5.55. The average molecular weight is 368 g/mol. The minimum absolute atomic E-state index is 0.0808. The lowest BCUT2D eigenvalue weighted by molar-refractivity contribution is 0.410. The lowest BCUT2D eigenvalue weighted by Crippen LogP contribution is -2.07. The van der Waals surface area contributed by atoms with Gasteiger partial charge in [0.05, 0.1) is 22.5 Å². The summed E-state index contributed by atoms with van der Waals surface area (Å²) in [6, 6.07) is 21.1. The van der Waals surface area contributed by atoms with Gasteiger partial charge in [-0.15, -0.1) is 0 Å². The summed E-state index contributed by atoms with van der Waals surface area (Å²) in [7, 11) is -2.58. The molecule has 3 rings (SSSR count). The van der Waals surface area contributed by atoms with Gasteiger partial charge in [0.1, 0.15) is 11.6 Å². The number of rotatable bonds is 5. The van der Waals surface area contributed by atoms with Gasteiger partial charge >= 0.3 is 0 Å². The molecule has 0 spiro atoms. The molecule has 0 bridgehead atoms. The predicted molar refractivity (Wildman–Crippen MR) is 101 cm³/mol. The van der Waals surface area contributed by atoms with Crippen molar-refractivity contribution in [2.24, 2.45) is 0 Å². The number of benzene rings is 3. The van der Waals surface area contributed by atoms with E-state index in [1.807, 2.05) is 6.07 Å². The molecule has 0 aliphatic carbocycles. The Morgan fingerprint density at radius 3 is 2.12 bits per heavy atom. The fraction of sp³-hybridized carbons (Fsp3) is 0.0476. The summed E-state index contributed by atoms with van der Waals surface area (Å²) in [4.78, 5) is -0.0580. The number of hydrogen-bond donors (Lipinski definition) is 0. The van der Waals surface area contributed by atoms with Gasteiger partial charge in [0.2, 0.25) is 9.84 Å². The zero-order valence-corrected chi connectivity index (χ0v) is 14.9. The van der Waals surface area contributed by atoms with Crippen LogP contribution in [0.25, 0.3) is 11.0 Å². The van der Waals surface area contributed by atoms with E-state index < -0.39 is 15.7 Å². The maximum Gasteiger partial charge on any atom is 0.207 e. The van der Waals surface area contributed by atoms with Gasteiger partial charge in [-0.3, -0.25) is 0 Å². The van der Waals surface area contributed by atoms with E-state index in [9.17, 15) is 12.8 Å². The van der Waals surface area contributed by atoms with E-state index in [1.54, 1.807) is 42.5 Å². The molecule has 3 nitrogen and oxygen atoms in total. The van der Waals surface area contributed by atoms with Gasteiger partial charge in [-0.2, -0.15) is 0 Å². The highest BCUT2D eigenvalue weighted by Gasteiger charge is 2.27. The molecule has 0 N–H and O–H groups in total. The third-order valence-corrected chi connectivity index (χ3v) is 5.68. The molecule has 0 saturated heterocycles. The Morgan fingerprint density at radius 1 is 0.885 bits per heavy atom. The van der Waals surface area contributed by atoms with Crippen molar-refractivity contribution in [1.82, 2.24) is 0 Å². The second kappa shape index (κ2) is 7.54. The predicted octanol–water partition coefficient (Wildman–Crippen LogP) is 4.81. The first kappa shape index (κ1) is 17.9. The fourth-order valence-corrected chi connectivity index (χ4v) is 4.15. The molecule has 132 valence electrons. The van der Waals surface area contributed by atoms with Crippen LogP contribution in [0.1, 0.15) is 11.1 Å². The maximum atomic E-state index is 14.7. The Hall–Kier alpha value is -2.92. The van der Waals surface area contributed by atoms with E-state index in [1.165, 1.54) is 43.5 Å².